The lowest BCUT2D eigenvalue weighted by Crippen LogP contribution is -2.36. The molecule has 0 saturated carbocycles. The summed E-state index contributed by atoms with van der Waals surface area (Å²) in [6.07, 6.45) is 2.01. The Hall–Kier alpha value is -3.28. The van der Waals surface area contributed by atoms with Gasteiger partial charge in [0.15, 0.2) is 0 Å². The Morgan fingerprint density at radius 2 is 1.90 bits per heavy atom. The normalized spacial score (nSPS) is 12.9. The Kier molecular flexibility index (Phi) is 5.25. The van der Waals surface area contributed by atoms with Crippen LogP contribution in [0.3, 0.4) is 0 Å². The lowest BCUT2D eigenvalue weighted by Gasteiger charge is -2.16. The van der Waals surface area contributed by atoms with Gasteiger partial charge in [-0.05, 0) is 41.3 Å². The highest BCUT2D eigenvalue weighted by Gasteiger charge is 2.24. The van der Waals surface area contributed by atoms with Gasteiger partial charge in [0.2, 0.25) is 0 Å². The van der Waals surface area contributed by atoms with Crippen LogP contribution in [0, 0.1) is 0 Å². The van der Waals surface area contributed by atoms with Gasteiger partial charge in [0, 0.05) is 31.4 Å². The number of para-hydroxylation sites is 1. The van der Waals surface area contributed by atoms with Gasteiger partial charge in [0.25, 0.3) is 0 Å². The van der Waals surface area contributed by atoms with Crippen molar-refractivity contribution in [3.05, 3.63) is 77.1 Å². The number of hydrogen-bond acceptors (Lipinski definition) is 3. The number of fused-ring (bicyclic) bond motifs is 1. The van der Waals surface area contributed by atoms with Crippen molar-refractivity contribution in [2.45, 2.75) is 39.4 Å². The topological polar surface area (TPSA) is 59.4 Å². The van der Waals surface area contributed by atoms with Gasteiger partial charge in [0.05, 0.1) is 18.5 Å². The van der Waals surface area contributed by atoms with Gasteiger partial charge >= 0.3 is 6.03 Å². The van der Waals surface area contributed by atoms with Gasteiger partial charge < -0.3 is 15.0 Å². The summed E-state index contributed by atoms with van der Waals surface area (Å²) in [6.45, 7) is 5.90. The first-order valence-corrected chi connectivity index (χ1v) is 9.87. The number of hydrogen-bond donors (Lipinski definition) is 1. The molecule has 0 fully saturated rings. The highest BCUT2D eigenvalue weighted by atomic mass is 16.5. The maximum absolute atomic E-state index is 12.8. The Bertz CT molecular complexity index is 1010. The molecule has 0 saturated heterocycles. The largest absolute Gasteiger partial charge is 0.497 e. The fourth-order valence-electron chi connectivity index (χ4n) is 3.68. The number of urea groups is 1. The van der Waals surface area contributed by atoms with Crippen molar-refractivity contribution < 1.29 is 9.53 Å². The predicted octanol–water partition coefficient (Wildman–Crippen LogP) is 4.23. The van der Waals surface area contributed by atoms with E-state index in [1.54, 1.807) is 7.11 Å². The number of benzene rings is 2. The van der Waals surface area contributed by atoms with E-state index in [0.29, 0.717) is 19.6 Å². The highest BCUT2D eigenvalue weighted by molar-refractivity contribution is 5.75. The van der Waals surface area contributed by atoms with E-state index in [-0.39, 0.29) is 11.9 Å². The molecule has 29 heavy (non-hydrogen) atoms. The van der Waals surface area contributed by atoms with E-state index < -0.39 is 0 Å². The van der Waals surface area contributed by atoms with Crippen LogP contribution in [0.25, 0.3) is 5.69 Å². The highest BCUT2D eigenvalue weighted by Crippen LogP contribution is 2.27. The molecule has 2 heterocycles. The lowest BCUT2D eigenvalue weighted by atomic mass is 10.1. The molecule has 6 nitrogen and oxygen atoms in total. The third-order valence-corrected chi connectivity index (χ3v) is 5.24. The number of amides is 2. The van der Waals surface area contributed by atoms with Crippen molar-refractivity contribution >= 4 is 6.03 Å². The second kappa shape index (κ2) is 7.99. The van der Waals surface area contributed by atoms with E-state index in [1.807, 2.05) is 64.3 Å². The number of methoxy groups -OCH3 is 1. The molecular formula is C23H26N4O2. The van der Waals surface area contributed by atoms with Gasteiger partial charge in [-0.2, -0.15) is 5.10 Å². The summed E-state index contributed by atoms with van der Waals surface area (Å²) < 4.78 is 7.17. The summed E-state index contributed by atoms with van der Waals surface area (Å²) in [5, 5.41) is 7.81. The molecule has 0 aliphatic carbocycles. The number of nitrogens with one attached hydrogen (secondary N) is 1. The monoisotopic (exact) mass is 390 g/mol. The van der Waals surface area contributed by atoms with E-state index in [1.165, 1.54) is 5.56 Å². The van der Waals surface area contributed by atoms with Crippen LogP contribution in [0.15, 0.2) is 54.7 Å². The van der Waals surface area contributed by atoms with Crippen molar-refractivity contribution in [1.29, 1.82) is 0 Å². The molecule has 2 aromatic carbocycles. The minimum Gasteiger partial charge on any atom is -0.497 e. The third kappa shape index (κ3) is 3.97. The van der Waals surface area contributed by atoms with Crippen molar-refractivity contribution in [3.63, 3.8) is 0 Å². The molecule has 1 N–H and O–H groups in total. The van der Waals surface area contributed by atoms with E-state index in [4.69, 9.17) is 9.84 Å². The summed E-state index contributed by atoms with van der Waals surface area (Å²) in [5.74, 6) is 1.09. The van der Waals surface area contributed by atoms with Gasteiger partial charge in [-0.1, -0.05) is 38.1 Å². The average Bonchev–Trinajstić information content (AvgIpc) is 3.36. The smallest absolute Gasteiger partial charge is 0.318 e. The fraction of sp³-hybridized carbons (Fsp3) is 0.304. The summed E-state index contributed by atoms with van der Waals surface area (Å²) in [7, 11) is 1.66. The molecule has 0 atom stereocenters. The minimum absolute atomic E-state index is 0.0673. The van der Waals surface area contributed by atoms with Crippen LogP contribution in [0.1, 0.15) is 42.1 Å². The summed E-state index contributed by atoms with van der Waals surface area (Å²) in [5.41, 5.74) is 5.36. The van der Waals surface area contributed by atoms with Crippen LogP contribution in [0.5, 0.6) is 5.75 Å². The molecule has 4 rings (SSSR count). The number of rotatable bonds is 5. The Morgan fingerprint density at radius 3 is 2.62 bits per heavy atom. The van der Waals surface area contributed by atoms with E-state index in [0.717, 1.165) is 28.3 Å². The zero-order valence-corrected chi connectivity index (χ0v) is 17.1. The number of aromatic nitrogens is 2. The molecule has 0 radical (unpaired) electrons. The van der Waals surface area contributed by atoms with Crippen LogP contribution in [-0.4, -0.2) is 27.8 Å². The van der Waals surface area contributed by atoms with Gasteiger partial charge in [-0.25, -0.2) is 9.48 Å². The number of ether oxygens (including phenoxy) is 1. The van der Waals surface area contributed by atoms with Gasteiger partial charge in [0.1, 0.15) is 5.75 Å². The molecular weight excluding hydrogens is 364 g/mol. The van der Waals surface area contributed by atoms with Crippen LogP contribution in [0.4, 0.5) is 4.79 Å². The summed E-state index contributed by atoms with van der Waals surface area (Å²) in [4.78, 5) is 14.6. The second-order valence-electron chi connectivity index (χ2n) is 7.62. The van der Waals surface area contributed by atoms with Crippen molar-refractivity contribution in [2.24, 2.45) is 0 Å². The zero-order chi connectivity index (χ0) is 20.4. The fourth-order valence-corrected chi connectivity index (χ4v) is 3.68. The van der Waals surface area contributed by atoms with Crippen LogP contribution < -0.4 is 10.1 Å². The first kappa shape index (κ1) is 19.1. The van der Waals surface area contributed by atoms with Crippen LogP contribution in [0.2, 0.25) is 0 Å². The molecule has 1 aliphatic heterocycles. The predicted molar refractivity (Wildman–Crippen MR) is 112 cm³/mol. The quantitative estimate of drug-likeness (QED) is 0.709. The first-order valence-electron chi connectivity index (χ1n) is 9.87. The number of nitrogens with zero attached hydrogens (tertiary/aromatic N) is 3. The number of carbonyl (C=O) groups is 1. The average molecular weight is 390 g/mol. The molecule has 0 unspecified atom stereocenters. The maximum atomic E-state index is 12.8. The SMILES string of the molecule is COc1ccc2c(c1)CN(C(=O)NCc1cn(-c3ccccc3)nc1C(C)C)C2. The standard InChI is InChI=1S/C23H26N4O2/c1-16(2)22-19(15-27(25-22)20-7-5-4-6-8-20)12-24-23(28)26-13-17-9-10-21(29-3)11-18(17)14-26/h4-11,15-16H,12-14H2,1-3H3,(H,24,28). The Balaban J connectivity index is 1.45. The third-order valence-electron chi connectivity index (χ3n) is 5.24. The van der Waals surface area contributed by atoms with Crippen LogP contribution >= 0.6 is 0 Å². The second-order valence-corrected chi connectivity index (χ2v) is 7.62. The Morgan fingerprint density at radius 1 is 1.14 bits per heavy atom. The molecule has 6 heteroatoms. The van der Waals surface area contributed by atoms with Crippen molar-refractivity contribution in [3.8, 4) is 11.4 Å². The van der Waals surface area contributed by atoms with Crippen LogP contribution in [-0.2, 0) is 19.6 Å². The molecule has 0 spiro atoms. The van der Waals surface area contributed by atoms with E-state index in [2.05, 4.69) is 19.2 Å². The van der Waals surface area contributed by atoms with Gasteiger partial charge in [-0.3, -0.25) is 0 Å². The molecule has 150 valence electrons. The molecule has 3 aromatic rings. The Labute approximate surface area is 171 Å². The first-order chi connectivity index (χ1) is 14.0. The zero-order valence-electron chi connectivity index (χ0n) is 17.1. The van der Waals surface area contributed by atoms with E-state index in [9.17, 15) is 4.79 Å². The van der Waals surface area contributed by atoms with Crippen molar-refractivity contribution in [1.82, 2.24) is 20.0 Å². The summed E-state index contributed by atoms with van der Waals surface area (Å²) in [6, 6.07) is 15.9. The molecule has 2 amide bonds. The molecule has 0 bridgehead atoms. The minimum atomic E-state index is -0.0673. The summed E-state index contributed by atoms with van der Waals surface area (Å²) >= 11 is 0. The maximum Gasteiger partial charge on any atom is 0.318 e. The van der Waals surface area contributed by atoms with Gasteiger partial charge in [-0.15, -0.1) is 0 Å². The lowest BCUT2D eigenvalue weighted by molar-refractivity contribution is 0.198. The number of carbonyl (C=O) groups excluding carboxylic acids is 1. The molecule has 1 aliphatic rings. The van der Waals surface area contributed by atoms with Crippen molar-refractivity contribution in [2.75, 3.05) is 7.11 Å². The molecule has 1 aromatic heterocycles. The van der Waals surface area contributed by atoms with E-state index >= 15 is 0 Å².